The van der Waals surface area contributed by atoms with Crippen molar-refractivity contribution in [2.45, 2.75) is 24.9 Å². The number of aryl methyl sites for hydroxylation is 1. The molecule has 1 aromatic heterocycles. The summed E-state index contributed by atoms with van der Waals surface area (Å²) < 4.78 is 1.28. The molecule has 4 aromatic rings. The lowest BCUT2D eigenvalue weighted by Crippen LogP contribution is -2.41. The first kappa shape index (κ1) is 24.1. The van der Waals surface area contributed by atoms with Crippen molar-refractivity contribution >= 4 is 29.2 Å². The predicted octanol–water partition coefficient (Wildman–Crippen LogP) is 3.80. The second-order valence-electron chi connectivity index (χ2n) is 8.08. The van der Waals surface area contributed by atoms with Gasteiger partial charge in [-0.2, -0.15) is 0 Å². The number of anilines is 2. The Morgan fingerprint density at radius 2 is 1.51 bits per heavy atom. The van der Waals surface area contributed by atoms with Crippen molar-refractivity contribution in [1.82, 2.24) is 9.55 Å². The van der Waals surface area contributed by atoms with E-state index >= 15 is 0 Å². The minimum atomic E-state index is -0.693. The van der Waals surface area contributed by atoms with Gasteiger partial charge in [0.2, 0.25) is 5.91 Å². The Hall–Kier alpha value is -4.04. The molecule has 35 heavy (non-hydrogen) atoms. The van der Waals surface area contributed by atoms with Crippen LogP contribution in [0, 0.1) is 6.92 Å². The lowest BCUT2D eigenvalue weighted by atomic mass is 10.2. The second-order valence-corrected chi connectivity index (χ2v) is 9.10. The van der Waals surface area contributed by atoms with Gasteiger partial charge in [-0.1, -0.05) is 78.9 Å². The van der Waals surface area contributed by atoms with Crippen LogP contribution in [0.3, 0.4) is 0 Å². The minimum absolute atomic E-state index is 0.0280. The molecule has 0 aliphatic heterocycles. The lowest BCUT2D eigenvalue weighted by Gasteiger charge is -2.25. The van der Waals surface area contributed by atoms with Gasteiger partial charge in [0.05, 0.1) is 18.8 Å². The van der Waals surface area contributed by atoms with Crippen LogP contribution in [0.4, 0.5) is 11.5 Å². The summed E-state index contributed by atoms with van der Waals surface area (Å²) >= 11 is 1.40. The summed E-state index contributed by atoms with van der Waals surface area (Å²) in [7, 11) is 0. The number of rotatable bonds is 8. The van der Waals surface area contributed by atoms with Crippen molar-refractivity contribution in [3.8, 4) is 0 Å². The summed E-state index contributed by atoms with van der Waals surface area (Å²) in [6, 6.07) is 26.5. The Bertz CT molecular complexity index is 1430. The largest absolute Gasteiger partial charge is 0.383 e. The molecule has 0 fully saturated rings. The Balaban J connectivity index is 1.73. The molecule has 7 nitrogen and oxygen atoms in total. The molecule has 0 saturated carbocycles. The third-order valence-electron chi connectivity index (χ3n) is 5.60. The molecule has 0 aliphatic carbocycles. The monoisotopic (exact) mass is 486 g/mol. The standard InChI is InChI=1S/C27H26N4O3S/c1-19-10-8-9-15-22(19)35-18-23(32)30(16-20-11-4-2-5-12-20)24-25(28)31(27(34)29-26(24)33)17-21-13-6-3-7-14-21/h2-15H,16-18,28H2,1H3,(H,29,33,34). The van der Waals surface area contributed by atoms with Gasteiger partial charge >= 0.3 is 5.69 Å². The number of nitrogen functional groups attached to an aromatic ring is 1. The SMILES string of the molecule is Cc1ccccc1SCC(=O)N(Cc1ccccc1)c1c(N)n(Cc2ccccc2)c(=O)[nH]c1=O. The number of H-pyrrole nitrogens is 1. The zero-order valence-corrected chi connectivity index (χ0v) is 20.1. The van der Waals surface area contributed by atoms with E-state index in [1.165, 1.54) is 21.2 Å². The van der Waals surface area contributed by atoms with Crippen molar-refractivity contribution < 1.29 is 4.79 Å². The number of benzene rings is 3. The van der Waals surface area contributed by atoms with E-state index in [0.29, 0.717) is 0 Å². The first-order chi connectivity index (χ1) is 16.9. The van der Waals surface area contributed by atoms with Crippen LogP contribution in [0.15, 0.2) is 99.4 Å². The van der Waals surface area contributed by atoms with E-state index in [0.717, 1.165) is 21.6 Å². The smallest absolute Gasteiger partial charge is 0.330 e. The highest BCUT2D eigenvalue weighted by molar-refractivity contribution is 8.00. The van der Waals surface area contributed by atoms with Gasteiger partial charge < -0.3 is 5.73 Å². The topological polar surface area (TPSA) is 101 Å². The van der Waals surface area contributed by atoms with Gasteiger partial charge in [-0.3, -0.25) is 24.0 Å². The predicted molar refractivity (Wildman–Crippen MR) is 141 cm³/mol. The highest BCUT2D eigenvalue weighted by atomic mass is 32.2. The van der Waals surface area contributed by atoms with Gasteiger partial charge in [-0.05, 0) is 29.7 Å². The number of amides is 1. The molecule has 0 saturated heterocycles. The molecule has 0 aliphatic rings. The van der Waals surface area contributed by atoms with Gasteiger partial charge in [0.25, 0.3) is 5.56 Å². The van der Waals surface area contributed by atoms with Gasteiger partial charge in [0.15, 0.2) is 5.69 Å². The van der Waals surface area contributed by atoms with Crippen LogP contribution < -0.4 is 21.9 Å². The molecule has 0 unspecified atom stereocenters. The van der Waals surface area contributed by atoms with E-state index in [4.69, 9.17) is 5.73 Å². The summed E-state index contributed by atoms with van der Waals surface area (Å²) in [5.74, 6) is -0.231. The number of nitrogens with two attached hydrogens (primary N) is 1. The number of thioether (sulfide) groups is 1. The summed E-state index contributed by atoms with van der Waals surface area (Å²) in [5, 5.41) is 0. The first-order valence-corrected chi connectivity index (χ1v) is 12.1. The van der Waals surface area contributed by atoms with Crippen molar-refractivity contribution in [3.63, 3.8) is 0 Å². The van der Waals surface area contributed by atoms with Crippen molar-refractivity contribution in [1.29, 1.82) is 0 Å². The van der Waals surface area contributed by atoms with Crippen LogP contribution in [0.1, 0.15) is 16.7 Å². The van der Waals surface area contributed by atoms with Crippen LogP contribution in [0.25, 0.3) is 0 Å². The molecule has 8 heteroatoms. The average molecular weight is 487 g/mol. The van der Waals surface area contributed by atoms with Crippen LogP contribution in [-0.4, -0.2) is 21.2 Å². The Morgan fingerprint density at radius 1 is 0.914 bits per heavy atom. The molecule has 0 atom stereocenters. The third-order valence-corrected chi connectivity index (χ3v) is 6.76. The second kappa shape index (κ2) is 10.9. The number of nitrogens with one attached hydrogen (secondary N) is 1. The number of hydrogen-bond donors (Lipinski definition) is 2. The molecule has 178 valence electrons. The normalized spacial score (nSPS) is 10.8. The molecule has 1 amide bonds. The zero-order valence-electron chi connectivity index (χ0n) is 19.3. The highest BCUT2D eigenvalue weighted by Gasteiger charge is 2.25. The van der Waals surface area contributed by atoms with Gasteiger partial charge in [-0.25, -0.2) is 4.79 Å². The van der Waals surface area contributed by atoms with E-state index in [1.54, 1.807) is 0 Å². The molecule has 0 spiro atoms. The zero-order chi connectivity index (χ0) is 24.8. The molecule has 3 N–H and O–H groups in total. The van der Waals surface area contributed by atoms with E-state index in [1.807, 2.05) is 91.9 Å². The molecular formula is C27H26N4O3S. The minimum Gasteiger partial charge on any atom is -0.383 e. The Morgan fingerprint density at radius 3 is 2.17 bits per heavy atom. The average Bonchev–Trinajstić information content (AvgIpc) is 2.86. The lowest BCUT2D eigenvalue weighted by molar-refractivity contribution is -0.116. The molecule has 4 rings (SSSR count). The summed E-state index contributed by atoms with van der Waals surface area (Å²) in [6.07, 6.45) is 0. The van der Waals surface area contributed by atoms with Gasteiger partial charge in [0, 0.05) is 4.90 Å². The fourth-order valence-corrected chi connectivity index (χ4v) is 4.66. The van der Waals surface area contributed by atoms with Gasteiger partial charge in [0.1, 0.15) is 5.82 Å². The molecular weight excluding hydrogens is 460 g/mol. The van der Waals surface area contributed by atoms with Crippen LogP contribution in [-0.2, 0) is 17.9 Å². The number of aromatic nitrogens is 2. The maximum Gasteiger partial charge on any atom is 0.330 e. The molecule has 0 bridgehead atoms. The van der Waals surface area contributed by atoms with E-state index in [9.17, 15) is 14.4 Å². The fourth-order valence-electron chi connectivity index (χ4n) is 3.75. The molecule has 0 radical (unpaired) electrons. The first-order valence-electron chi connectivity index (χ1n) is 11.1. The highest BCUT2D eigenvalue weighted by Crippen LogP contribution is 2.25. The fraction of sp³-hybridized carbons (Fsp3) is 0.148. The van der Waals surface area contributed by atoms with Crippen molar-refractivity contribution in [2.75, 3.05) is 16.4 Å². The number of carbonyl (C=O) groups excluding carboxylic acids is 1. The number of aromatic amines is 1. The maximum atomic E-state index is 13.5. The summed E-state index contributed by atoms with van der Waals surface area (Å²) in [5.41, 5.74) is 7.80. The van der Waals surface area contributed by atoms with E-state index in [2.05, 4.69) is 4.98 Å². The molecule has 1 heterocycles. The quantitative estimate of drug-likeness (QED) is 0.369. The number of carbonyl (C=O) groups is 1. The van der Waals surface area contributed by atoms with Crippen molar-refractivity contribution in [2.24, 2.45) is 0 Å². The summed E-state index contributed by atoms with van der Waals surface area (Å²) in [6.45, 7) is 2.29. The number of hydrogen-bond acceptors (Lipinski definition) is 5. The molecule has 3 aromatic carbocycles. The Labute approximate surface area is 207 Å². The van der Waals surface area contributed by atoms with E-state index in [-0.39, 0.29) is 36.3 Å². The van der Waals surface area contributed by atoms with Crippen LogP contribution in [0.5, 0.6) is 0 Å². The Kier molecular flexibility index (Phi) is 7.52. The van der Waals surface area contributed by atoms with Crippen LogP contribution >= 0.6 is 11.8 Å². The van der Waals surface area contributed by atoms with Gasteiger partial charge in [-0.15, -0.1) is 11.8 Å². The third kappa shape index (κ3) is 5.73. The maximum absolute atomic E-state index is 13.5. The number of nitrogens with zero attached hydrogens (tertiary/aromatic N) is 2. The summed E-state index contributed by atoms with van der Waals surface area (Å²) in [4.78, 5) is 43.8. The van der Waals surface area contributed by atoms with E-state index < -0.39 is 11.2 Å². The van der Waals surface area contributed by atoms with Crippen molar-refractivity contribution in [3.05, 3.63) is 122 Å². The van der Waals surface area contributed by atoms with Crippen LogP contribution in [0.2, 0.25) is 0 Å².